The molecule has 140 valence electrons. The molecule has 0 aliphatic heterocycles. The number of nitro benzene ring substituents is 1. The third-order valence-electron chi connectivity index (χ3n) is 3.82. The Bertz CT molecular complexity index is 1130. The molecule has 0 unspecified atom stereocenters. The number of amides is 1. The van der Waals surface area contributed by atoms with Gasteiger partial charge in [-0.2, -0.15) is 5.26 Å². The fourth-order valence-corrected chi connectivity index (χ4v) is 3.35. The Morgan fingerprint density at radius 1 is 1.25 bits per heavy atom. The van der Waals surface area contributed by atoms with Crippen molar-refractivity contribution < 1.29 is 19.2 Å². The van der Waals surface area contributed by atoms with Gasteiger partial charge in [-0.15, -0.1) is 11.3 Å². The number of hydrogen-bond acceptors (Lipinski definition) is 7. The van der Waals surface area contributed by atoms with Crippen molar-refractivity contribution in [2.75, 3.05) is 5.32 Å². The van der Waals surface area contributed by atoms with Crippen LogP contribution in [0.1, 0.15) is 22.2 Å². The molecule has 0 fully saturated rings. The Morgan fingerprint density at radius 2 is 2.04 bits per heavy atom. The largest absolute Gasteiger partial charge is 0.448 e. The number of nitriles is 1. The zero-order valence-electron chi connectivity index (χ0n) is 14.5. The first-order valence-electron chi connectivity index (χ1n) is 8.07. The third-order valence-corrected chi connectivity index (χ3v) is 4.92. The van der Waals surface area contributed by atoms with Gasteiger partial charge >= 0.3 is 5.97 Å². The number of anilines is 1. The summed E-state index contributed by atoms with van der Waals surface area (Å²) in [5.41, 5.74) is 0.737. The van der Waals surface area contributed by atoms with E-state index in [1.54, 1.807) is 24.3 Å². The molecule has 9 heteroatoms. The normalized spacial score (nSPS) is 11.4. The molecule has 0 spiro atoms. The molecule has 2 aromatic carbocycles. The lowest BCUT2D eigenvalue weighted by Gasteiger charge is -2.13. The number of carbonyl (C=O) groups is 2. The van der Waals surface area contributed by atoms with Crippen LogP contribution >= 0.6 is 11.3 Å². The van der Waals surface area contributed by atoms with Crippen molar-refractivity contribution in [2.45, 2.75) is 13.0 Å². The number of thiophene rings is 1. The molecule has 1 heterocycles. The van der Waals surface area contributed by atoms with Crippen LogP contribution in [0, 0.1) is 21.4 Å². The van der Waals surface area contributed by atoms with Gasteiger partial charge in [-0.3, -0.25) is 14.9 Å². The van der Waals surface area contributed by atoms with Crippen molar-refractivity contribution in [3.05, 3.63) is 69.1 Å². The van der Waals surface area contributed by atoms with E-state index >= 15 is 0 Å². The van der Waals surface area contributed by atoms with Crippen LogP contribution in [0.5, 0.6) is 0 Å². The zero-order chi connectivity index (χ0) is 20.3. The molecule has 0 aliphatic rings. The molecular weight excluding hydrogens is 382 g/mol. The van der Waals surface area contributed by atoms with E-state index in [1.165, 1.54) is 31.2 Å². The first-order chi connectivity index (χ1) is 13.4. The summed E-state index contributed by atoms with van der Waals surface area (Å²) in [6.45, 7) is 1.43. The van der Waals surface area contributed by atoms with E-state index in [2.05, 4.69) is 5.32 Å². The molecule has 3 aromatic rings. The molecular formula is C19H13N3O5S. The number of carbonyl (C=O) groups excluding carboxylic acids is 2. The van der Waals surface area contributed by atoms with E-state index in [4.69, 9.17) is 10.00 Å². The summed E-state index contributed by atoms with van der Waals surface area (Å²) in [7, 11) is 0. The number of benzene rings is 2. The van der Waals surface area contributed by atoms with Crippen molar-refractivity contribution in [1.82, 2.24) is 0 Å². The number of non-ortho nitro benzene ring substituents is 1. The Balaban J connectivity index is 1.69. The summed E-state index contributed by atoms with van der Waals surface area (Å²) >= 11 is 1.12. The van der Waals surface area contributed by atoms with Crippen LogP contribution in [0.25, 0.3) is 10.1 Å². The lowest BCUT2D eigenvalue weighted by Crippen LogP contribution is -2.29. The van der Waals surface area contributed by atoms with E-state index in [0.717, 1.165) is 11.3 Å². The molecule has 0 aliphatic carbocycles. The standard InChI is InChI=1S/C19H13N3O5S/c1-11(18(23)21-14-4-2-3-12(7-14)10-20)27-19(24)17-9-13-8-15(22(25)26)5-6-16(13)28-17/h2-9,11H,1H3,(H,21,23)/t11-/m1/s1. The van der Waals surface area contributed by atoms with Gasteiger partial charge in [-0.1, -0.05) is 6.07 Å². The number of hydrogen-bond donors (Lipinski definition) is 1. The summed E-state index contributed by atoms with van der Waals surface area (Å²) in [4.78, 5) is 35.1. The minimum Gasteiger partial charge on any atom is -0.448 e. The Labute approximate surface area is 163 Å². The van der Waals surface area contributed by atoms with Crippen LogP contribution in [0.2, 0.25) is 0 Å². The van der Waals surface area contributed by atoms with Crippen molar-refractivity contribution >= 4 is 44.7 Å². The number of ether oxygens (including phenoxy) is 1. The van der Waals surface area contributed by atoms with Crippen LogP contribution < -0.4 is 5.32 Å². The Kier molecular flexibility index (Phi) is 5.33. The van der Waals surface area contributed by atoms with Crippen LogP contribution in [-0.2, 0) is 9.53 Å². The highest BCUT2D eigenvalue weighted by Gasteiger charge is 2.21. The maximum atomic E-state index is 12.3. The average molecular weight is 395 g/mol. The number of esters is 1. The number of rotatable bonds is 5. The zero-order valence-corrected chi connectivity index (χ0v) is 15.4. The lowest BCUT2D eigenvalue weighted by atomic mass is 10.2. The van der Waals surface area contributed by atoms with E-state index in [0.29, 0.717) is 21.3 Å². The molecule has 0 bridgehead atoms. The number of nitrogens with zero attached hydrogens (tertiary/aromatic N) is 2. The second-order valence-corrected chi connectivity index (χ2v) is 6.90. The highest BCUT2D eigenvalue weighted by atomic mass is 32.1. The van der Waals surface area contributed by atoms with E-state index in [9.17, 15) is 19.7 Å². The third kappa shape index (κ3) is 4.13. The van der Waals surface area contributed by atoms with Gasteiger partial charge in [0.2, 0.25) is 0 Å². The topological polar surface area (TPSA) is 122 Å². The van der Waals surface area contributed by atoms with Crippen LogP contribution in [-0.4, -0.2) is 22.9 Å². The average Bonchev–Trinajstić information content (AvgIpc) is 3.11. The van der Waals surface area contributed by atoms with Crippen LogP contribution in [0.15, 0.2) is 48.5 Å². The summed E-state index contributed by atoms with van der Waals surface area (Å²) in [5, 5.41) is 22.9. The highest BCUT2D eigenvalue weighted by Crippen LogP contribution is 2.29. The van der Waals surface area contributed by atoms with Gasteiger partial charge < -0.3 is 10.1 Å². The van der Waals surface area contributed by atoms with Crippen LogP contribution in [0.4, 0.5) is 11.4 Å². The smallest absolute Gasteiger partial charge is 0.349 e. The molecule has 0 saturated heterocycles. The summed E-state index contributed by atoms with van der Waals surface area (Å²) in [6, 6.07) is 14.1. The fraction of sp³-hybridized carbons (Fsp3) is 0.105. The molecule has 0 saturated carbocycles. The lowest BCUT2D eigenvalue weighted by molar-refractivity contribution is -0.384. The summed E-state index contributed by atoms with van der Waals surface area (Å²) in [6.07, 6.45) is -1.07. The van der Waals surface area contributed by atoms with Gasteiger partial charge in [0, 0.05) is 27.9 Å². The molecule has 1 aromatic heterocycles. The van der Waals surface area contributed by atoms with E-state index in [-0.39, 0.29) is 10.6 Å². The number of fused-ring (bicyclic) bond motifs is 1. The van der Waals surface area contributed by atoms with E-state index in [1.807, 2.05) is 6.07 Å². The quantitative estimate of drug-likeness (QED) is 0.397. The minimum atomic E-state index is -1.07. The Hall–Kier alpha value is -3.77. The molecule has 0 radical (unpaired) electrons. The maximum Gasteiger partial charge on any atom is 0.349 e. The molecule has 3 rings (SSSR count). The molecule has 1 N–H and O–H groups in total. The number of nitro groups is 1. The molecule has 28 heavy (non-hydrogen) atoms. The maximum absolute atomic E-state index is 12.3. The van der Waals surface area contributed by atoms with Gasteiger partial charge in [0.15, 0.2) is 6.10 Å². The molecule has 8 nitrogen and oxygen atoms in total. The second kappa shape index (κ2) is 7.85. The SMILES string of the molecule is C[C@@H](OC(=O)c1cc2cc([N+](=O)[O-])ccc2s1)C(=O)Nc1cccc(C#N)c1. The van der Waals surface area contributed by atoms with Gasteiger partial charge in [0.05, 0.1) is 16.6 Å². The van der Waals surface area contributed by atoms with Gasteiger partial charge in [0.25, 0.3) is 11.6 Å². The summed E-state index contributed by atoms with van der Waals surface area (Å²) in [5.74, 6) is -1.24. The second-order valence-electron chi connectivity index (χ2n) is 5.82. The molecule has 1 atom stereocenters. The van der Waals surface area contributed by atoms with Crippen LogP contribution in [0.3, 0.4) is 0 Å². The summed E-state index contributed by atoms with van der Waals surface area (Å²) < 4.78 is 5.89. The van der Waals surface area contributed by atoms with Crippen molar-refractivity contribution in [3.63, 3.8) is 0 Å². The molecule has 1 amide bonds. The van der Waals surface area contributed by atoms with Crippen molar-refractivity contribution in [2.24, 2.45) is 0 Å². The van der Waals surface area contributed by atoms with Crippen molar-refractivity contribution in [3.8, 4) is 6.07 Å². The first kappa shape index (κ1) is 19.0. The monoisotopic (exact) mass is 395 g/mol. The van der Waals surface area contributed by atoms with Gasteiger partial charge in [-0.25, -0.2) is 4.79 Å². The number of nitrogens with one attached hydrogen (secondary N) is 1. The highest BCUT2D eigenvalue weighted by molar-refractivity contribution is 7.20. The minimum absolute atomic E-state index is 0.0717. The fourth-order valence-electron chi connectivity index (χ4n) is 2.43. The van der Waals surface area contributed by atoms with E-state index < -0.39 is 22.9 Å². The van der Waals surface area contributed by atoms with Gasteiger partial charge in [-0.05, 0) is 37.3 Å². The predicted octanol–water partition coefficient (Wildman–Crippen LogP) is 3.87. The van der Waals surface area contributed by atoms with Crippen molar-refractivity contribution in [1.29, 1.82) is 5.26 Å². The first-order valence-corrected chi connectivity index (χ1v) is 8.89. The Morgan fingerprint density at radius 3 is 2.75 bits per heavy atom. The van der Waals surface area contributed by atoms with Gasteiger partial charge in [0.1, 0.15) is 4.88 Å². The predicted molar refractivity (Wildman–Crippen MR) is 103 cm³/mol.